The van der Waals surface area contributed by atoms with Gasteiger partial charge in [0.25, 0.3) is 0 Å². The molecule has 0 heterocycles. The summed E-state index contributed by atoms with van der Waals surface area (Å²) >= 11 is 3.48. The number of carbonyl (C=O) groups excluding carboxylic acids is 1. The maximum Gasteiger partial charge on any atom is 0.303 e. The number of fused-ring (bicyclic) bond motifs is 1. The standard InChI is InChI=1S/C15H14BrNO3/c16-12-8-9-13(11-5-2-1-4-10(11)12)17-14(18)6-3-7-15(19)20/h1-2,4-5,8-9H,3,6-7H2,(H,17,18)(H,19,20). The molecule has 0 unspecified atom stereocenters. The van der Waals surface area contributed by atoms with E-state index in [-0.39, 0.29) is 18.7 Å². The molecule has 0 aliphatic carbocycles. The smallest absolute Gasteiger partial charge is 0.303 e. The maximum atomic E-state index is 11.8. The van der Waals surface area contributed by atoms with Gasteiger partial charge in [-0.3, -0.25) is 9.59 Å². The molecule has 4 nitrogen and oxygen atoms in total. The van der Waals surface area contributed by atoms with E-state index in [9.17, 15) is 9.59 Å². The second-order valence-corrected chi connectivity index (χ2v) is 5.29. The Bertz CT molecular complexity index is 655. The number of nitrogens with one attached hydrogen (secondary N) is 1. The fourth-order valence-corrected chi connectivity index (χ4v) is 2.46. The highest BCUT2D eigenvalue weighted by Gasteiger charge is 2.08. The molecule has 0 atom stereocenters. The lowest BCUT2D eigenvalue weighted by atomic mass is 10.1. The number of anilines is 1. The van der Waals surface area contributed by atoms with Crippen LogP contribution in [0.5, 0.6) is 0 Å². The molecular weight excluding hydrogens is 322 g/mol. The van der Waals surface area contributed by atoms with Crippen LogP contribution in [0.15, 0.2) is 40.9 Å². The number of aliphatic carboxylic acids is 1. The van der Waals surface area contributed by atoms with E-state index in [0.29, 0.717) is 6.42 Å². The first-order valence-electron chi connectivity index (χ1n) is 6.27. The van der Waals surface area contributed by atoms with Crippen LogP contribution in [0.25, 0.3) is 10.8 Å². The van der Waals surface area contributed by atoms with Crippen molar-refractivity contribution in [3.05, 3.63) is 40.9 Å². The Kier molecular flexibility index (Phi) is 4.74. The quantitative estimate of drug-likeness (QED) is 0.873. The number of rotatable bonds is 5. The fraction of sp³-hybridized carbons (Fsp3) is 0.200. The van der Waals surface area contributed by atoms with Gasteiger partial charge in [0, 0.05) is 28.4 Å². The van der Waals surface area contributed by atoms with Gasteiger partial charge in [0.2, 0.25) is 5.91 Å². The van der Waals surface area contributed by atoms with Gasteiger partial charge >= 0.3 is 5.97 Å². The summed E-state index contributed by atoms with van der Waals surface area (Å²) in [6.45, 7) is 0. The summed E-state index contributed by atoms with van der Waals surface area (Å²) in [5.74, 6) is -1.05. The zero-order valence-corrected chi connectivity index (χ0v) is 12.3. The molecule has 0 bridgehead atoms. The normalized spacial score (nSPS) is 10.4. The predicted octanol–water partition coefficient (Wildman–Crippen LogP) is 3.80. The molecule has 0 saturated heterocycles. The highest BCUT2D eigenvalue weighted by molar-refractivity contribution is 9.10. The molecule has 0 spiro atoms. The highest BCUT2D eigenvalue weighted by atomic mass is 79.9. The van der Waals surface area contributed by atoms with Crippen molar-refractivity contribution in [3.8, 4) is 0 Å². The average Bonchev–Trinajstić information content (AvgIpc) is 2.42. The Balaban J connectivity index is 2.12. The van der Waals surface area contributed by atoms with Gasteiger partial charge in [0.05, 0.1) is 0 Å². The molecule has 2 aromatic rings. The summed E-state index contributed by atoms with van der Waals surface area (Å²) in [6.07, 6.45) is 0.556. The zero-order valence-electron chi connectivity index (χ0n) is 10.7. The van der Waals surface area contributed by atoms with E-state index in [1.54, 1.807) is 0 Å². The molecule has 0 aliphatic heterocycles. The highest BCUT2D eigenvalue weighted by Crippen LogP contribution is 2.30. The van der Waals surface area contributed by atoms with Gasteiger partial charge in [0.15, 0.2) is 0 Å². The minimum absolute atomic E-state index is 0.00844. The lowest BCUT2D eigenvalue weighted by Crippen LogP contribution is -2.12. The summed E-state index contributed by atoms with van der Waals surface area (Å²) in [5, 5.41) is 13.4. The van der Waals surface area contributed by atoms with Crippen LogP contribution >= 0.6 is 15.9 Å². The number of hydrogen-bond donors (Lipinski definition) is 2. The Labute approximate surface area is 124 Å². The summed E-state index contributed by atoms with van der Waals surface area (Å²) in [6, 6.07) is 11.5. The van der Waals surface area contributed by atoms with E-state index in [4.69, 9.17) is 5.11 Å². The minimum Gasteiger partial charge on any atom is -0.481 e. The monoisotopic (exact) mass is 335 g/mol. The van der Waals surface area contributed by atoms with Gasteiger partial charge < -0.3 is 10.4 Å². The molecule has 5 heteroatoms. The number of hydrogen-bond acceptors (Lipinski definition) is 2. The van der Waals surface area contributed by atoms with E-state index in [0.717, 1.165) is 20.9 Å². The molecule has 0 aliphatic rings. The SMILES string of the molecule is O=C(O)CCCC(=O)Nc1ccc(Br)c2ccccc12. The van der Waals surface area contributed by atoms with Gasteiger partial charge in [0.1, 0.15) is 0 Å². The van der Waals surface area contributed by atoms with Gasteiger partial charge in [-0.05, 0) is 23.9 Å². The molecule has 2 rings (SSSR count). The Morgan fingerprint density at radius 3 is 2.45 bits per heavy atom. The lowest BCUT2D eigenvalue weighted by Gasteiger charge is -2.09. The van der Waals surface area contributed by atoms with Crippen LogP contribution in [-0.4, -0.2) is 17.0 Å². The fourth-order valence-electron chi connectivity index (χ4n) is 1.98. The van der Waals surface area contributed by atoms with Crippen LogP contribution in [-0.2, 0) is 9.59 Å². The largest absolute Gasteiger partial charge is 0.481 e. The van der Waals surface area contributed by atoms with Crippen molar-refractivity contribution >= 4 is 44.3 Å². The molecule has 1 amide bonds. The predicted molar refractivity (Wildman–Crippen MR) is 81.8 cm³/mol. The topological polar surface area (TPSA) is 66.4 Å². The van der Waals surface area contributed by atoms with Crippen LogP contribution in [0.1, 0.15) is 19.3 Å². The number of halogens is 1. The van der Waals surface area contributed by atoms with Crippen LogP contribution in [0.4, 0.5) is 5.69 Å². The van der Waals surface area contributed by atoms with Gasteiger partial charge in [-0.25, -0.2) is 0 Å². The zero-order chi connectivity index (χ0) is 14.5. The van der Waals surface area contributed by atoms with Crippen molar-refractivity contribution in [1.29, 1.82) is 0 Å². The van der Waals surface area contributed by atoms with Crippen molar-refractivity contribution in [2.45, 2.75) is 19.3 Å². The van der Waals surface area contributed by atoms with Gasteiger partial charge in [-0.1, -0.05) is 40.2 Å². The molecule has 0 saturated carbocycles. The van der Waals surface area contributed by atoms with E-state index in [2.05, 4.69) is 21.2 Å². The minimum atomic E-state index is -0.883. The van der Waals surface area contributed by atoms with Crippen molar-refractivity contribution in [1.82, 2.24) is 0 Å². The van der Waals surface area contributed by atoms with Gasteiger partial charge in [-0.15, -0.1) is 0 Å². The second kappa shape index (κ2) is 6.52. The number of amides is 1. The molecule has 2 N–H and O–H groups in total. The van der Waals surface area contributed by atoms with Crippen molar-refractivity contribution in [3.63, 3.8) is 0 Å². The molecule has 104 valence electrons. The first-order valence-corrected chi connectivity index (χ1v) is 7.06. The Morgan fingerprint density at radius 2 is 1.75 bits per heavy atom. The van der Waals surface area contributed by atoms with E-state index in [1.165, 1.54) is 0 Å². The number of carboxylic acid groups (broad SMARTS) is 1. The van der Waals surface area contributed by atoms with E-state index < -0.39 is 5.97 Å². The first-order chi connectivity index (χ1) is 9.58. The average molecular weight is 336 g/mol. The molecular formula is C15H14BrNO3. The molecule has 20 heavy (non-hydrogen) atoms. The Morgan fingerprint density at radius 1 is 1.05 bits per heavy atom. The summed E-state index contributed by atoms with van der Waals surface area (Å²) < 4.78 is 0.969. The molecule has 2 aromatic carbocycles. The van der Waals surface area contributed by atoms with Crippen LogP contribution in [0.2, 0.25) is 0 Å². The van der Waals surface area contributed by atoms with Crippen molar-refractivity contribution in [2.75, 3.05) is 5.32 Å². The number of benzene rings is 2. The summed E-state index contributed by atoms with van der Waals surface area (Å²) in [5.41, 5.74) is 0.740. The van der Waals surface area contributed by atoms with E-state index in [1.807, 2.05) is 36.4 Å². The molecule has 0 fully saturated rings. The number of carbonyl (C=O) groups is 2. The van der Waals surface area contributed by atoms with Crippen LogP contribution in [0, 0.1) is 0 Å². The van der Waals surface area contributed by atoms with Gasteiger partial charge in [-0.2, -0.15) is 0 Å². The van der Waals surface area contributed by atoms with Crippen LogP contribution < -0.4 is 5.32 Å². The van der Waals surface area contributed by atoms with Crippen molar-refractivity contribution < 1.29 is 14.7 Å². The van der Waals surface area contributed by atoms with E-state index >= 15 is 0 Å². The molecule has 0 radical (unpaired) electrons. The first kappa shape index (κ1) is 14.5. The third kappa shape index (κ3) is 3.57. The third-order valence-corrected chi connectivity index (χ3v) is 3.63. The van der Waals surface area contributed by atoms with Crippen LogP contribution in [0.3, 0.4) is 0 Å². The summed E-state index contributed by atoms with van der Waals surface area (Å²) in [7, 11) is 0. The summed E-state index contributed by atoms with van der Waals surface area (Å²) in [4.78, 5) is 22.2. The van der Waals surface area contributed by atoms with Crippen molar-refractivity contribution in [2.24, 2.45) is 0 Å². The Hall–Kier alpha value is -1.88. The maximum absolute atomic E-state index is 11.8. The lowest BCUT2D eigenvalue weighted by molar-refractivity contribution is -0.137. The third-order valence-electron chi connectivity index (χ3n) is 2.94. The molecule has 0 aromatic heterocycles. The second-order valence-electron chi connectivity index (χ2n) is 4.44. The number of carboxylic acids is 1.